The second kappa shape index (κ2) is 7.45. The summed E-state index contributed by atoms with van der Waals surface area (Å²) in [7, 11) is 0. The Balaban J connectivity index is 2.16. The van der Waals surface area contributed by atoms with Gasteiger partial charge < -0.3 is 10.8 Å². The summed E-state index contributed by atoms with van der Waals surface area (Å²) in [5, 5.41) is 22.6. The molecule has 2 aromatic carbocycles. The third-order valence-corrected chi connectivity index (χ3v) is 4.20. The lowest BCUT2D eigenvalue weighted by Gasteiger charge is -2.29. The van der Waals surface area contributed by atoms with Crippen molar-refractivity contribution in [3.05, 3.63) is 70.2 Å². The van der Waals surface area contributed by atoms with E-state index in [2.05, 4.69) is 5.32 Å². The second-order valence-corrected chi connectivity index (χ2v) is 6.07. The maximum absolute atomic E-state index is 12.0. The van der Waals surface area contributed by atoms with E-state index < -0.39 is 17.6 Å². The Morgan fingerprint density at radius 1 is 1.38 bits per heavy atom. The lowest BCUT2D eigenvalue weighted by Crippen LogP contribution is -2.51. The number of nitriles is 1. The molecule has 2 rings (SSSR count). The molecule has 0 saturated heterocycles. The third-order valence-electron chi connectivity index (χ3n) is 3.97. The van der Waals surface area contributed by atoms with E-state index in [4.69, 9.17) is 22.6 Å². The van der Waals surface area contributed by atoms with Gasteiger partial charge in [0.2, 0.25) is 5.91 Å². The summed E-state index contributed by atoms with van der Waals surface area (Å²) in [5.74, 6) is -0.572. The van der Waals surface area contributed by atoms with Gasteiger partial charge in [-0.2, -0.15) is 5.26 Å². The molecule has 1 amide bonds. The van der Waals surface area contributed by atoms with Crippen LogP contribution in [0.3, 0.4) is 0 Å². The van der Waals surface area contributed by atoms with Crippen LogP contribution in [0.4, 0.5) is 0 Å². The molecule has 0 aliphatic rings. The molecule has 0 aromatic heterocycles. The number of hydrogen-bond acceptors (Lipinski definition) is 4. The van der Waals surface area contributed by atoms with E-state index in [-0.39, 0.29) is 6.54 Å². The average molecular weight is 344 g/mol. The van der Waals surface area contributed by atoms with Crippen LogP contribution in [-0.2, 0) is 10.3 Å². The molecule has 0 heterocycles. The predicted octanol–water partition coefficient (Wildman–Crippen LogP) is 2.24. The number of hydrogen-bond donors (Lipinski definition) is 3. The summed E-state index contributed by atoms with van der Waals surface area (Å²) in [5.41, 5.74) is 6.16. The van der Waals surface area contributed by atoms with Crippen LogP contribution in [0.2, 0.25) is 5.02 Å². The molecular weight excluding hydrogens is 326 g/mol. The molecular formula is C18H18ClN3O2. The fourth-order valence-corrected chi connectivity index (χ4v) is 2.52. The van der Waals surface area contributed by atoms with Crippen molar-refractivity contribution in [1.29, 1.82) is 5.26 Å². The Morgan fingerprint density at radius 3 is 2.58 bits per heavy atom. The van der Waals surface area contributed by atoms with E-state index in [0.717, 1.165) is 0 Å². The molecule has 0 fully saturated rings. The number of carbonyl (C=O) groups excluding carboxylic acids is 1. The van der Waals surface area contributed by atoms with Crippen molar-refractivity contribution >= 4 is 17.5 Å². The Bertz CT molecular complexity index is 771. The Hall–Kier alpha value is -2.39. The number of aliphatic hydroxyl groups is 1. The first kappa shape index (κ1) is 18.0. The summed E-state index contributed by atoms with van der Waals surface area (Å²) < 4.78 is 0. The van der Waals surface area contributed by atoms with Gasteiger partial charge in [-0.15, -0.1) is 0 Å². The molecule has 6 heteroatoms. The van der Waals surface area contributed by atoms with Gasteiger partial charge in [0, 0.05) is 11.6 Å². The molecule has 24 heavy (non-hydrogen) atoms. The number of aliphatic hydroxyl groups excluding tert-OH is 1. The van der Waals surface area contributed by atoms with Crippen molar-refractivity contribution in [3.63, 3.8) is 0 Å². The number of nitrogens with one attached hydrogen (secondary N) is 1. The fourth-order valence-electron chi connectivity index (χ4n) is 2.33. The van der Waals surface area contributed by atoms with Gasteiger partial charge in [0.1, 0.15) is 5.54 Å². The van der Waals surface area contributed by atoms with Crippen LogP contribution >= 0.6 is 11.6 Å². The fraction of sp³-hybridized carbons (Fsp3) is 0.222. The predicted molar refractivity (Wildman–Crippen MR) is 92.1 cm³/mol. The van der Waals surface area contributed by atoms with Crippen molar-refractivity contribution in [3.8, 4) is 6.07 Å². The highest BCUT2D eigenvalue weighted by molar-refractivity contribution is 6.30. The number of primary amides is 1. The number of nitrogens with zero attached hydrogens (tertiary/aromatic N) is 1. The summed E-state index contributed by atoms with van der Waals surface area (Å²) >= 11 is 5.99. The van der Waals surface area contributed by atoms with Gasteiger partial charge in [-0.1, -0.05) is 35.9 Å². The zero-order valence-corrected chi connectivity index (χ0v) is 13.9. The van der Waals surface area contributed by atoms with Crippen LogP contribution < -0.4 is 11.1 Å². The van der Waals surface area contributed by atoms with Crippen LogP contribution in [0.15, 0.2) is 48.5 Å². The summed E-state index contributed by atoms with van der Waals surface area (Å²) in [6.07, 6.45) is -0.851. The number of benzene rings is 2. The van der Waals surface area contributed by atoms with Gasteiger partial charge >= 0.3 is 0 Å². The molecule has 0 radical (unpaired) electrons. The van der Waals surface area contributed by atoms with Gasteiger partial charge in [-0.05, 0) is 42.3 Å². The lowest BCUT2D eigenvalue weighted by atomic mass is 9.90. The van der Waals surface area contributed by atoms with Crippen LogP contribution in [0.25, 0.3) is 0 Å². The first-order valence-corrected chi connectivity index (χ1v) is 7.73. The molecule has 0 saturated carbocycles. The van der Waals surface area contributed by atoms with E-state index in [9.17, 15) is 9.90 Å². The minimum Gasteiger partial charge on any atom is -0.387 e. The normalized spacial score (nSPS) is 14.4. The monoisotopic (exact) mass is 343 g/mol. The van der Waals surface area contributed by atoms with Crippen molar-refractivity contribution in [2.24, 2.45) is 5.73 Å². The van der Waals surface area contributed by atoms with Gasteiger partial charge in [0.15, 0.2) is 0 Å². The standard InChI is InChI=1S/C18H18ClN3O2/c1-18(17(21)24,14-3-2-4-15(19)9-14)22-11-16(23)13-7-5-12(10-20)6-8-13/h2-9,16,22-23H,11H2,1H3,(H2,21,24). The van der Waals surface area contributed by atoms with E-state index in [0.29, 0.717) is 21.7 Å². The second-order valence-electron chi connectivity index (χ2n) is 5.63. The topological polar surface area (TPSA) is 99.1 Å². The molecule has 0 aliphatic carbocycles. The molecule has 0 aliphatic heterocycles. The molecule has 2 aromatic rings. The van der Waals surface area contributed by atoms with Crippen molar-refractivity contribution in [1.82, 2.24) is 5.32 Å². The molecule has 0 bridgehead atoms. The average Bonchev–Trinajstić information content (AvgIpc) is 2.59. The first-order valence-electron chi connectivity index (χ1n) is 7.36. The summed E-state index contributed by atoms with van der Waals surface area (Å²) in [6.45, 7) is 1.75. The lowest BCUT2D eigenvalue weighted by molar-refractivity contribution is -0.124. The Kier molecular flexibility index (Phi) is 5.58. The number of halogens is 1. The number of carbonyl (C=O) groups is 1. The summed E-state index contributed by atoms with van der Waals surface area (Å²) in [6, 6.07) is 15.5. The van der Waals surface area contributed by atoms with Crippen molar-refractivity contribution < 1.29 is 9.90 Å². The van der Waals surface area contributed by atoms with Gasteiger partial charge in [0.25, 0.3) is 0 Å². The minimum absolute atomic E-state index is 0.109. The number of rotatable bonds is 6. The van der Waals surface area contributed by atoms with Gasteiger partial charge in [-0.25, -0.2) is 0 Å². The maximum Gasteiger partial charge on any atom is 0.242 e. The number of amides is 1. The zero-order valence-electron chi connectivity index (χ0n) is 13.2. The molecule has 4 N–H and O–H groups in total. The first-order chi connectivity index (χ1) is 11.4. The molecule has 0 spiro atoms. The van der Waals surface area contributed by atoms with Crippen LogP contribution in [0.5, 0.6) is 0 Å². The van der Waals surface area contributed by atoms with Crippen LogP contribution in [-0.4, -0.2) is 17.6 Å². The third kappa shape index (κ3) is 3.92. The summed E-state index contributed by atoms with van der Waals surface area (Å²) in [4.78, 5) is 12.0. The molecule has 2 atom stereocenters. The maximum atomic E-state index is 12.0. The Morgan fingerprint density at radius 2 is 2.04 bits per heavy atom. The van der Waals surface area contributed by atoms with Crippen LogP contribution in [0, 0.1) is 11.3 Å². The van der Waals surface area contributed by atoms with Gasteiger partial charge in [0.05, 0.1) is 17.7 Å². The van der Waals surface area contributed by atoms with E-state index >= 15 is 0 Å². The Labute approximate surface area is 145 Å². The van der Waals surface area contributed by atoms with Crippen molar-refractivity contribution in [2.75, 3.05) is 6.54 Å². The molecule has 124 valence electrons. The van der Waals surface area contributed by atoms with E-state index in [1.54, 1.807) is 55.5 Å². The highest BCUT2D eigenvalue weighted by Crippen LogP contribution is 2.24. The zero-order chi connectivity index (χ0) is 17.7. The van der Waals surface area contributed by atoms with Crippen LogP contribution in [0.1, 0.15) is 29.7 Å². The number of nitrogens with two attached hydrogens (primary N) is 1. The SMILES string of the molecule is CC(NCC(O)c1ccc(C#N)cc1)(C(N)=O)c1cccc(Cl)c1. The highest BCUT2D eigenvalue weighted by Gasteiger charge is 2.33. The van der Waals surface area contributed by atoms with E-state index in [1.165, 1.54) is 0 Å². The largest absolute Gasteiger partial charge is 0.387 e. The van der Waals surface area contributed by atoms with Crippen molar-refractivity contribution in [2.45, 2.75) is 18.6 Å². The van der Waals surface area contributed by atoms with E-state index in [1.807, 2.05) is 6.07 Å². The minimum atomic E-state index is -1.17. The quantitative estimate of drug-likeness (QED) is 0.749. The smallest absolute Gasteiger partial charge is 0.242 e. The molecule has 2 unspecified atom stereocenters. The highest BCUT2D eigenvalue weighted by atomic mass is 35.5. The molecule has 5 nitrogen and oxygen atoms in total. The van der Waals surface area contributed by atoms with Gasteiger partial charge in [-0.3, -0.25) is 10.1 Å².